The summed E-state index contributed by atoms with van der Waals surface area (Å²) in [4.78, 5) is 12.5. The van der Waals surface area contributed by atoms with E-state index in [4.69, 9.17) is 5.11 Å². The minimum atomic E-state index is -0.787. The Morgan fingerprint density at radius 1 is 1.12 bits per heavy atom. The lowest BCUT2D eigenvalue weighted by Crippen LogP contribution is -1.96. The fraction of sp³-hybridized carbons (Fsp3) is 0.0714. The van der Waals surface area contributed by atoms with Crippen LogP contribution in [0.4, 0.5) is 0 Å². The molecule has 0 saturated heterocycles. The number of aliphatic carboxylic acids is 1. The number of hydrogen-bond acceptors (Lipinski definition) is 2. The second-order valence-electron chi connectivity index (χ2n) is 3.62. The van der Waals surface area contributed by atoms with E-state index in [0.717, 1.165) is 15.3 Å². The highest BCUT2D eigenvalue weighted by atomic mass is 32.1. The number of hydrogen-bond donors (Lipinski definition) is 1. The fourth-order valence-electron chi connectivity index (χ4n) is 1.47. The summed E-state index contributed by atoms with van der Waals surface area (Å²) in [5.41, 5.74) is 1.14. The van der Waals surface area contributed by atoms with Crippen molar-refractivity contribution in [3.8, 4) is 0 Å². The van der Waals surface area contributed by atoms with Gasteiger partial charge in [-0.1, -0.05) is 36.4 Å². The standard InChI is InChI=1S/C14H12O2S/c15-14(16)10-13-9-8-12(17-13)7-6-11-4-2-1-3-5-11/h1-9H,10H2,(H,15,16)/b7-6+. The molecule has 2 nitrogen and oxygen atoms in total. The van der Waals surface area contributed by atoms with E-state index in [9.17, 15) is 4.79 Å². The van der Waals surface area contributed by atoms with Crippen molar-refractivity contribution in [2.24, 2.45) is 0 Å². The Bertz CT molecular complexity index is 526. The van der Waals surface area contributed by atoms with E-state index in [1.807, 2.05) is 54.6 Å². The largest absolute Gasteiger partial charge is 0.481 e. The number of benzene rings is 1. The molecule has 17 heavy (non-hydrogen) atoms. The normalized spacial score (nSPS) is 10.8. The molecule has 0 aliphatic heterocycles. The van der Waals surface area contributed by atoms with Crippen LogP contribution in [0.1, 0.15) is 15.3 Å². The molecular formula is C14H12O2S. The Kier molecular flexibility index (Phi) is 3.73. The third-order valence-corrected chi connectivity index (χ3v) is 3.30. The summed E-state index contributed by atoms with van der Waals surface area (Å²) in [6.07, 6.45) is 4.13. The number of carbonyl (C=O) groups is 1. The maximum absolute atomic E-state index is 10.5. The van der Waals surface area contributed by atoms with Gasteiger partial charge < -0.3 is 5.11 Å². The second-order valence-corrected chi connectivity index (χ2v) is 4.82. The maximum Gasteiger partial charge on any atom is 0.308 e. The van der Waals surface area contributed by atoms with Gasteiger partial charge in [-0.2, -0.15) is 0 Å². The van der Waals surface area contributed by atoms with E-state index >= 15 is 0 Å². The Morgan fingerprint density at radius 2 is 1.88 bits per heavy atom. The fourth-order valence-corrected chi connectivity index (χ4v) is 2.38. The third-order valence-electron chi connectivity index (χ3n) is 2.25. The van der Waals surface area contributed by atoms with Gasteiger partial charge in [-0.3, -0.25) is 4.79 Å². The molecule has 0 fully saturated rings. The zero-order valence-electron chi connectivity index (χ0n) is 9.17. The van der Waals surface area contributed by atoms with Gasteiger partial charge in [-0.25, -0.2) is 0 Å². The van der Waals surface area contributed by atoms with Gasteiger partial charge in [0.05, 0.1) is 6.42 Å². The van der Waals surface area contributed by atoms with E-state index in [-0.39, 0.29) is 6.42 Å². The maximum atomic E-state index is 10.5. The molecule has 0 radical (unpaired) electrons. The van der Waals surface area contributed by atoms with Crippen molar-refractivity contribution in [2.45, 2.75) is 6.42 Å². The highest BCUT2D eigenvalue weighted by Gasteiger charge is 2.02. The predicted octanol–water partition coefficient (Wildman–Crippen LogP) is 3.55. The van der Waals surface area contributed by atoms with E-state index < -0.39 is 5.97 Å². The van der Waals surface area contributed by atoms with Crippen molar-refractivity contribution in [3.63, 3.8) is 0 Å². The molecule has 2 aromatic rings. The van der Waals surface area contributed by atoms with Crippen LogP contribution >= 0.6 is 11.3 Å². The Labute approximate surface area is 104 Å². The molecule has 0 amide bonds. The van der Waals surface area contributed by atoms with Crippen LogP contribution in [-0.2, 0) is 11.2 Å². The van der Waals surface area contributed by atoms with E-state index in [1.165, 1.54) is 11.3 Å². The van der Waals surface area contributed by atoms with Crippen LogP contribution < -0.4 is 0 Å². The first kappa shape index (κ1) is 11.6. The zero-order chi connectivity index (χ0) is 12.1. The molecule has 1 N–H and O–H groups in total. The van der Waals surface area contributed by atoms with E-state index in [0.29, 0.717) is 0 Å². The molecule has 86 valence electrons. The first-order chi connectivity index (χ1) is 8.24. The van der Waals surface area contributed by atoms with Crippen LogP contribution in [0, 0.1) is 0 Å². The van der Waals surface area contributed by atoms with Crippen LogP contribution in [0.15, 0.2) is 42.5 Å². The topological polar surface area (TPSA) is 37.3 Å². The van der Waals surface area contributed by atoms with Crippen molar-refractivity contribution in [2.75, 3.05) is 0 Å². The number of rotatable bonds is 4. The molecule has 3 heteroatoms. The lowest BCUT2D eigenvalue weighted by molar-refractivity contribution is -0.136. The van der Waals surface area contributed by atoms with Gasteiger partial charge in [0.15, 0.2) is 0 Å². The SMILES string of the molecule is O=C(O)Cc1ccc(/C=C/c2ccccc2)s1. The van der Waals surface area contributed by atoms with Gasteiger partial charge in [0, 0.05) is 9.75 Å². The second kappa shape index (κ2) is 5.46. The van der Waals surface area contributed by atoms with Gasteiger partial charge in [0.1, 0.15) is 0 Å². The van der Waals surface area contributed by atoms with Crippen LogP contribution in [-0.4, -0.2) is 11.1 Å². The average Bonchev–Trinajstić information content (AvgIpc) is 2.75. The Hall–Kier alpha value is -1.87. The first-order valence-corrected chi connectivity index (χ1v) is 6.09. The van der Waals surface area contributed by atoms with Crippen LogP contribution in [0.5, 0.6) is 0 Å². The Balaban J connectivity index is 2.06. The van der Waals surface area contributed by atoms with Crippen LogP contribution in [0.25, 0.3) is 12.2 Å². The molecule has 0 bridgehead atoms. The van der Waals surface area contributed by atoms with Gasteiger partial charge in [-0.05, 0) is 23.8 Å². The number of carboxylic acid groups (broad SMARTS) is 1. The lowest BCUT2D eigenvalue weighted by atomic mass is 10.2. The Morgan fingerprint density at radius 3 is 2.59 bits per heavy atom. The molecule has 0 atom stereocenters. The molecule has 0 aliphatic carbocycles. The van der Waals surface area contributed by atoms with Gasteiger partial charge in [0.2, 0.25) is 0 Å². The summed E-state index contributed by atoms with van der Waals surface area (Å²) in [6, 6.07) is 13.8. The number of carboxylic acids is 1. The molecule has 0 unspecified atom stereocenters. The quantitative estimate of drug-likeness (QED) is 0.893. The van der Waals surface area contributed by atoms with E-state index in [1.54, 1.807) is 0 Å². The third kappa shape index (κ3) is 3.57. The summed E-state index contributed by atoms with van der Waals surface area (Å²) in [5, 5.41) is 8.67. The predicted molar refractivity (Wildman–Crippen MR) is 71.0 cm³/mol. The summed E-state index contributed by atoms with van der Waals surface area (Å²) < 4.78 is 0. The smallest absolute Gasteiger partial charge is 0.308 e. The molecule has 0 saturated carbocycles. The van der Waals surface area contributed by atoms with Gasteiger partial charge in [-0.15, -0.1) is 11.3 Å². The average molecular weight is 244 g/mol. The highest BCUT2D eigenvalue weighted by molar-refractivity contribution is 7.13. The van der Waals surface area contributed by atoms with Gasteiger partial charge >= 0.3 is 5.97 Å². The first-order valence-electron chi connectivity index (χ1n) is 5.28. The number of thiophene rings is 1. The van der Waals surface area contributed by atoms with Crippen molar-refractivity contribution >= 4 is 29.5 Å². The van der Waals surface area contributed by atoms with E-state index in [2.05, 4.69) is 0 Å². The zero-order valence-corrected chi connectivity index (χ0v) is 9.98. The minimum absolute atomic E-state index is 0.101. The minimum Gasteiger partial charge on any atom is -0.481 e. The lowest BCUT2D eigenvalue weighted by Gasteiger charge is -1.90. The summed E-state index contributed by atoms with van der Waals surface area (Å²) in [5.74, 6) is -0.787. The van der Waals surface area contributed by atoms with Crippen molar-refractivity contribution in [1.82, 2.24) is 0 Å². The molecule has 0 spiro atoms. The monoisotopic (exact) mass is 244 g/mol. The summed E-state index contributed by atoms with van der Waals surface area (Å²) in [7, 11) is 0. The van der Waals surface area contributed by atoms with Crippen LogP contribution in [0.2, 0.25) is 0 Å². The summed E-state index contributed by atoms with van der Waals surface area (Å²) in [6.45, 7) is 0. The van der Waals surface area contributed by atoms with Crippen molar-refractivity contribution in [1.29, 1.82) is 0 Å². The van der Waals surface area contributed by atoms with Gasteiger partial charge in [0.25, 0.3) is 0 Å². The molecule has 1 heterocycles. The highest BCUT2D eigenvalue weighted by Crippen LogP contribution is 2.19. The molecule has 1 aromatic heterocycles. The van der Waals surface area contributed by atoms with Crippen molar-refractivity contribution in [3.05, 3.63) is 57.8 Å². The van der Waals surface area contributed by atoms with Crippen LogP contribution in [0.3, 0.4) is 0 Å². The summed E-state index contributed by atoms with van der Waals surface area (Å²) >= 11 is 1.51. The van der Waals surface area contributed by atoms with Crippen molar-refractivity contribution < 1.29 is 9.90 Å². The molecule has 2 rings (SSSR count). The molecule has 1 aromatic carbocycles. The molecule has 0 aliphatic rings. The molecular weight excluding hydrogens is 232 g/mol.